The molecule has 0 unspecified atom stereocenters. The molecule has 0 saturated carbocycles. The van der Waals surface area contributed by atoms with Gasteiger partial charge in [-0.2, -0.15) is 0 Å². The number of carbonyl (C=O) groups is 2. The second-order valence-corrected chi connectivity index (χ2v) is 7.97. The van der Waals surface area contributed by atoms with Gasteiger partial charge in [-0.05, 0) is 31.9 Å². The van der Waals surface area contributed by atoms with Crippen LogP contribution in [0.4, 0.5) is 10.1 Å². The van der Waals surface area contributed by atoms with Crippen molar-refractivity contribution < 1.29 is 27.1 Å². The number of nitrogens with one attached hydrogen (secondary N) is 1. The first-order valence-corrected chi connectivity index (χ1v) is 9.74. The molecule has 1 aliphatic heterocycles. The van der Waals surface area contributed by atoms with E-state index in [4.69, 9.17) is 4.74 Å². The maximum atomic E-state index is 13.5. The highest BCUT2D eigenvalue weighted by Crippen LogP contribution is 2.21. The van der Waals surface area contributed by atoms with Crippen molar-refractivity contribution >= 4 is 27.6 Å². The zero-order valence-corrected chi connectivity index (χ0v) is 14.9. The Hall–Kier alpha value is -2.00. The van der Waals surface area contributed by atoms with Crippen LogP contribution in [-0.4, -0.2) is 50.0 Å². The molecule has 7 nitrogen and oxygen atoms in total. The van der Waals surface area contributed by atoms with Crippen LogP contribution >= 0.6 is 0 Å². The predicted octanol–water partition coefficient (Wildman–Crippen LogP) is 1.37. The van der Waals surface area contributed by atoms with Gasteiger partial charge in [0.1, 0.15) is 5.82 Å². The number of carbonyl (C=O) groups excluding carboxylic acids is 2. The molecule has 1 aromatic carbocycles. The third-order valence-electron chi connectivity index (χ3n) is 4.05. The standard InChI is InChI=1S/C16H21FN2O5S/c1-11(15(20)18-14-6-4-3-5-13(14)17)24-16(21)12-7-9-19(10-8-12)25(2,22)23/h3-6,11-12H,7-10H2,1-2H3,(H,18,20)/t11-/m0/s1. The minimum atomic E-state index is -3.27. The molecule has 1 aromatic rings. The SMILES string of the molecule is C[C@H](OC(=O)C1CCN(S(C)(=O)=O)CC1)C(=O)Nc1ccccc1F. The van der Waals surface area contributed by atoms with E-state index in [1.165, 1.54) is 29.4 Å². The van der Waals surface area contributed by atoms with Crippen molar-refractivity contribution in [2.75, 3.05) is 24.7 Å². The smallest absolute Gasteiger partial charge is 0.309 e. The molecule has 1 aliphatic rings. The average Bonchev–Trinajstić information content (AvgIpc) is 2.56. The topological polar surface area (TPSA) is 92.8 Å². The Morgan fingerprint density at radius 2 is 1.88 bits per heavy atom. The van der Waals surface area contributed by atoms with Gasteiger partial charge in [0.2, 0.25) is 10.0 Å². The highest BCUT2D eigenvalue weighted by Gasteiger charge is 2.31. The first-order chi connectivity index (χ1) is 11.7. The third kappa shape index (κ3) is 5.23. The van der Waals surface area contributed by atoms with Gasteiger partial charge in [-0.3, -0.25) is 9.59 Å². The molecule has 1 N–H and O–H groups in total. The number of amides is 1. The number of sulfonamides is 1. The Kier molecular flexibility index (Phi) is 6.12. The lowest BCUT2D eigenvalue weighted by Crippen LogP contribution is -2.41. The summed E-state index contributed by atoms with van der Waals surface area (Å²) in [5, 5.41) is 2.37. The number of benzene rings is 1. The minimum Gasteiger partial charge on any atom is -0.452 e. The first kappa shape index (κ1) is 19.3. The van der Waals surface area contributed by atoms with Gasteiger partial charge in [-0.15, -0.1) is 0 Å². The number of halogens is 1. The summed E-state index contributed by atoms with van der Waals surface area (Å²) >= 11 is 0. The van der Waals surface area contributed by atoms with Crippen LogP contribution in [0.2, 0.25) is 0 Å². The number of rotatable bonds is 5. The Morgan fingerprint density at radius 3 is 2.44 bits per heavy atom. The van der Waals surface area contributed by atoms with E-state index in [-0.39, 0.29) is 18.8 Å². The van der Waals surface area contributed by atoms with Crippen molar-refractivity contribution in [2.24, 2.45) is 5.92 Å². The fraction of sp³-hybridized carbons (Fsp3) is 0.500. The molecule has 1 fully saturated rings. The van der Waals surface area contributed by atoms with Crippen LogP contribution in [0.5, 0.6) is 0 Å². The van der Waals surface area contributed by atoms with Gasteiger partial charge in [0.15, 0.2) is 6.10 Å². The van der Waals surface area contributed by atoms with E-state index in [1.807, 2.05) is 0 Å². The first-order valence-electron chi connectivity index (χ1n) is 7.89. The normalized spacial score (nSPS) is 17.7. The van der Waals surface area contributed by atoms with Gasteiger partial charge in [0, 0.05) is 13.1 Å². The second kappa shape index (κ2) is 7.92. The molecule has 1 saturated heterocycles. The highest BCUT2D eigenvalue weighted by molar-refractivity contribution is 7.88. The quantitative estimate of drug-likeness (QED) is 0.788. The summed E-state index contributed by atoms with van der Waals surface area (Å²) in [6.45, 7) is 1.89. The Balaban J connectivity index is 1.86. The fourth-order valence-corrected chi connectivity index (χ4v) is 3.42. The molecule has 1 amide bonds. The number of para-hydroxylation sites is 1. The maximum absolute atomic E-state index is 13.5. The van der Waals surface area contributed by atoms with Crippen molar-refractivity contribution in [3.05, 3.63) is 30.1 Å². The highest BCUT2D eigenvalue weighted by atomic mass is 32.2. The minimum absolute atomic E-state index is 0.0110. The second-order valence-electron chi connectivity index (χ2n) is 5.98. The maximum Gasteiger partial charge on any atom is 0.309 e. The molecule has 0 aromatic heterocycles. The van der Waals surface area contributed by atoms with Gasteiger partial charge in [0.05, 0.1) is 17.9 Å². The summed E-state index contributed by atoms with van der Waals surface area (Å²) in [6.07, 6.45) is 0.724. The number of hydrogen-bond acceptors (Lipinski definition) is 5. The predicted molar refractivity (Wildman–Crippen MR) is 89.7 cm³/mol. The van der Waals surface area contributed by atoms with E-state index in [1.54, 1.807) is 6.07 Å². The summed E-state index contributed by atoms with van der Waals surface area (Å²) < 4.78 is 42.9. The van der Waals surface area contributed by atoms with Gasteiger partial charge in [-0.25, -0.2) is 17.1 Å². The molecule has 1 atom stereocenters. The van der Waals surface area contributed by atoms with Crippen molar-refractivity contribution in [1.82, 2.24) is 4.31 Å². The number of esters is 1. The summed E-state index contributed by atoms with van der Waals surface area (Å²) in [7, 11) is -3.27. The van der Waals surface area contributed by atoms with Crippen LogP contribution in [0.25, 0.3) is 0 Å². The number of hydrogen-bond donors (Lipinski definition) is 1. The molecule has 0 aliphatic carbocycles. The molecule has 0 bridgehead atoms. The van der Waals surface area contributed by atoms with E-state index in [0.29, 0.717) is 12.8 Å². The van der Waals surface area contributed by atoms with Gasteiger partial charge < -0.3 is 10.1 Å². The molecule has 1 heterocycles. The Morgan fingerprint density at radius 1 is 1.28 bits per heavy atom. The molecule has 0 radical (unpaired) electrons. The van der Waals surface area contributed by atoms with Crippen molar-refractivity contribution in [2.45, 2.75) is 25.9 Å². The largest absolute Gasteiger partial charge is 0.452 e. The van der Waals surface area contributed by atoms with Gasteiger partial charge >= 0.3 is 5.97 Å². The van der Waals surface area contributed by atoms with Crippen molar-refractivity contribution in [3.8, 4) is 0 Å². The Bertz CT molecular complexity index is 745. The van der Waals surface area contributed by atoms with Crippen LogP contribution in [0.3, 0.4) is 0 Å². The Labute approximate surface area is 146 Å². The third-order valence-corrected chi connectivity index (χ3v) is 5.35. The molecular weight excluding hydrogens is 351 g/mol. The van der Waals surface area contributed by atoms with Gasteiger partial charge in [-0.1, -0.05) is 12.1 Å². The molecular formula is C16H21FN2O5S. The van der Waals surface area contributed by atoms with E-state index in [9.17, 15) is 22.4 Å². The molecule has 138 valence electrons. The van der Waals surface area contributed by atoms with E-state index in [2.05, 4.69) is 5.32 Å². The summed E-state index contributed by atoms with van der Waals surface area (Å²) in [5.74, 6) is -2.22. The number of ether oxygens (including phenoxy) is 1. The summed E-state index contributed by atoms with van der Waals surface area (Å²) in [4.78, 5) is 24.2. The lowest BCUT2D eigenvalue weighted by molar-refractivity contribution is -0.158. The van der Waals surface area contributed by atoms with Gasteiger partial charge in [0.25, 0.3) is 5.91 Å². The van der Waals surface area contributed by atoms with Crippen LogP contribution in [0.15, 0.2) is 24.3 Å². The zero-order valence-electron chi connectivity index (χ0n) is 14.1. The summed E-state index contributed by atoms with van der Waals surface area (Å²) in [6, 6.07) is 5.69. The van der Waals surface area contributed by atoms with Crippen molar-refractivity contribution in [3.63, 3.8) is 0 Å². The van der Waals surface area contributed by atoms with E-state index < -0.39 is 39.7 Å². The van der Waals surface area contributed by atoms with Crippen LogP contribution in [0, 0.1) is 11.7 Å². The van der Waals surface area contributed by atoms with E-state index in [0.717, 1.165) is 6.26 Å². The van der Waals surface area contributed by atoms with Crippen LogP contribution in [0.1, 0.15) is 19.8 Å². The molecule has 2 rings (SSSR count). The van der Waals surface area contributed by atoms with Crippen LogP contribution < -0.4 is 5.32 Å². The molecule has 0 spiro atoms. The average molecular weight is 372 g/mol. The molecule has 25 heavy (non-hydrogen) atoms. The fourth-order valence-electron chi connectivity index (χ4n) is 2.54. The number of piperidine rings is 1. The van der Waals surface area contributed by atoms with Crippen LogP contribution in [-0.2, 0) is 24.3 Å². The monoisotopic (exact) mass is 372 g/mol. The number of nitrogens with zero attached hydrogens (tertiary/aromatic N) is 1. The lowest BCUT2D eigenvalue weighted by atomic mass is 9.98. The zero-order chi connectivity index (χ0) is 18.6. The summed E-state index contributed by atoms with van der Waals surface area (Å²) in [5.41, 5.74) is 0.0110. The number of anilines is 1. The lowest BCUT2D eigenvalue weighted by Gasteiger charge is -2.29. The van der Waals surface area contributed by atoms with Crippen molar-refractivity contribution in [1.29, 1.82) is 0 Å². The molecule has 9 heteroatoms. The van der Waals surface area contributed by atoms with E-state index >= 15 is 0 Å².